The minimum Gasteiger partial charge on any atom is -1.00 e. The second-order valence-corrected chi connectivity index (χ2v) is 3.94. The van der Waals surface area contributed by atoms with Gasteiger partial charge in [0.15, 0.2) is 5.69 Å². The second kappa shape index (κ2) is 3.98. The van der Waals surface area contributed by atoms with Crippen LogP contribution in [0.5, 0.6) is 0 Å². The highest BCUT2D eigenvalue weighted by Gasteiger charge is 2.12. The summed E-state index contributed by atoms with van der Waals surface area (Å²) >= 11 is 0. The molecule has 0 saturated carbocycles. The lowest BCUT2D eigenvalue weighted by Crippen LogP contribution is -3.00. The van der Waals surface area contributed by atoms with E-state index in [0.29, 0.717) is 0 Å². The topological polar surface area (TPSA) is 24.2 Å². The lowest BCUT2D eigenvalue weighted by molar-refractivity contribution is -0.00000213. The molecule has 0 aromatic carbocycles. The lowest BCUT2D eigenvalue weighted by atomic mass is 10.2. The van der Waals surface area contributed by atoms with E-state index in [9.17, 15) is 0 Å². The van der Waals surface area contributed by atoms with E-state index in [1.54, 1.807) is 17.5 Å². The number of fused-ring (bicyclic) bond motifs is 1. The van der Waals surface area contributed by atoms with Crippen molar-refractivity contribution in [3.63, 3.8) is 0 Å². The van der Waals surface area contributed by atoms with E-state index < -0.39 is 0 Å². The van der Waals surface area contributed by atoms with Crippen LogP contribution in [0.15, 0.2) is 22.6 Å². The predicted molar refractivity (Wildman–Crippen MR) is 48.8 cm³/mol. The molecule has 2 rings (SSSR count). The van der Waals surface area contributed by atoms with E-state index in [1.165, 1.54) is 15.4 Å². The first-order valence-electron chi connectivity index (χ1n) is 3.13. The summed E-state index contributed by atoms with van der Waals surface area (Å²) in [6.07, 6.45) is 0. The molecule has 0 saturated heterocycles. The fourth-order valence-corrected chi connectivity index (χ4v) is 2.70. The van der Waals surface area contributed by atoms with Gasteiger partial charge in [-0.05, 0) is 6.07 Å². The Balaban J connectivity index is 0.000000720. The van der Waals surface area contributed by atoms with Crippen molar-refractivity contribution in [2.45, 2.75) is 0 Å². The van der Waals surface area contributed by atoms with E-state index in [1.807, 2.05) is 18.2 Å². The first-order valence-corrected chi connectivity index (χ1v) is 5.24. The average Bonchev–Trinajstić information content (AvgIpc) is 2.50. The highest BCUT2D eigenvalue weighted by Crippen LogP contribution is 2.24. The summed E-state index contributed by atoms with van der Waals surface area (Å²) in [5.74, 6) is 0. The molecule has 12 heavy (non-hydrogen) atoms. The van der Waals surface area contributed by atoms with Crippen LogP contribution in [0.2, 0.25) is 0 Å². The Bertz CT molecular complexity index is 395. The standard InChI is InChI=1S/C7H6NOS2.ClH/c1-9-5-3-2-4-6-7(5)8-11-10-6;/h2-4H,1H3;1H/q+1;/p-1. The Hall–Kier alpha value is -0.450. The summed E-state index contributed by atoms with van der Waals surface area (Å²) in [6, 6.07) is 5.95. The van der Waals surface area contributed by atoms with Gasteiger partial charge in [0, 0.05) is 16.6 Å². The van der Waals surface area contributed by atoms with Crippen molar-refractivity contribution in [3.8, 4) is 10.6 Å². The van der Waals surface area contributed by atoms with Crippen LogP contribution in [-0.2, 0) is 0 Å². The largest absolute Gasteiger partial charge is 1.00 e. The summed E-state index contributed by atoms with van der Waals surface area (Å²) in [6.45, 7) is 0. The molecule has 1 heterocycles. The van der Waals surface area contributed by atoms with Crippen LogP contribution < -0.4 is 17.8 Å². The number of benzene rings is 1. The molecule has 1 aliphatic heterocycles. The van der Waals surface area contributed by atoms with E-state index in [4.69, 9.17) is 4.42 Å². The van der Waals surface area contributed by atoms with Crippen LogP contribution in [0.4, 0.5) is 0 Å². The monoisotopic (exact) mass is 219 g/mol. The first-order chi connectivity index (χ1) is 5.42. The van der Waals surface area contributed by atoms with Gasteiger partial charge in [0.05, 0.1) is 4.88 Å². The molecule has 0 spiro atoms. The fraction of sp³-hybridized carbons (Fsp3) is 0.143. The quantitative estimate of drug-likeness (QED) is 0.405. The maximum atomic E-state index is 5.14. The molecule has 2 nitrogen and oxygen atoms in total. The number of halogens is 1. The summed E-state index contributed by atoms with van der Waals surface area (Å²) in [4.78, 5) is 1.19. The van der Waals surface area contributed by atoms with E-state index in [2.05, 4.69) is 4.37 Å². The first kappa shape index (κ1) is 9.64. The SMILES string of the molecule is C[O+]=c1cccc2ssnc1-2.[Cl-]. The zero-order valence-electron chi connectivity index (χ0n) is 6.28. The maximum Gasteiger partial charge on any atom is 0.370 e. The van der Waals surface area contributed by atoms with Crippen molar-refractivity contribution >= 4 is 20.9 Å². The summed E-state index contributed by atoms with van der Waals surface area (Å²) in [5.41, 5.74) is 1.84. The van der Waals surface area contributed by atoms with Gasteiger partial charge in [0.1, 0.15) is 0 Å². The summed E-state index contributed by atoms with van der Waals surface area (Å²) < 4.78 is 9.36. The Morgan fingerprint density at radius 3 is 3.00 bits per heavy atom. The van der Waals surface area contributed by atoms with Crippen LogP contribution >= 0.6 is 20.9 Å². The molecule has 1 aliphatic carbocycles. The van der Waals surface area contributed by atoms with Crippen LogP contribution in [0, 0.1) is 0 Å². The minimum atomic E-state index is 0. The molecule has 0 amide bonds. The van der Waals surface area contributed by atoms with Crippen molar-refractivity contribution in [1.82, 2.24) is 4.37 Å². The Kier molecular flexibility index (Phi) is 3.20. The Morgan fingerprint density at radius 1 is 1.42 bits per heavy atom. The average molecular weight is 220 g/mol. The van der Waals surface area contributed by atoms with Crippen molar-refractivity contribution in [2.24, 2.45) is 0 Å². The van der Waals surface area contributed by atoms with Crippen LogP contribution in [-0.4, -0.2) is 11.5 Å². The number of rotatable bonds is 0. The van der Waals surface area contributed by atoms with Gasteiger partial charge in [0.2, 0.25) is 0 Å². The van der Waals surface area contributed by atoms with Crippen molar-refractivity contribution in [2.75, 3.05) is 7.11 Å². The van der Waals surface area contributed by atoms with Crippen LogP contribution in [0.25, 0.3) is 10.6 Å². The normalized spacial score (nSPS) is 11.6. The molecule has 0 bridgehead atoms. The number of hydrogen-bond donors (Lipinski definition) is 0. The van der Waals surface area contributed by atoms with Gasteiger partial charge in [-0.1, -0.05) is 16.4 Å². The minimum absolute atomic E-state index is 0. The van der Waals surface area contributed by atoms with E-state index >= 15 is 0 Å². The molecule has 0 atom stereocenters. The molecular weight excluding hydrogens is 214 g/mol. The molecule has 0 aromatic heterocycles. The van der Waals surface area contributed by atoms with Gasteiger partial charge in [0.25, 0.3) is 7.11 Å². The molecule has 64 valence electrons. The fourth-order valence-electron chi connectivity index (χ4n) is 0.920. The zero-order chi connectivity index (χ0) is 7.68. The highest BCUT2D eigenvalue weighted by atomic mass is 35.5. The molecule has 2 aliphatic rings. The van der Waals surface area contributed by atoms with Crippen molar-refractivity contribution in [3.05, 3.63) is 28.1 Å². The summed E-state index contributed by atoms with van der Waals surface area (Å²) in [7, 11) is 4.83. The van der Waals surface area contributed by atoms with Gasteiger partial charge >= 0.3 is 5.43 Å². The summed E-state index contributed by atoms with van der Waals surface area (Å²) in [5, 5.41) is 0. The number of hydrogen-bond acceptors (Lipinski definition) is 3. The van der Waals surface area contributed by atoms with E-state index in [-0.39, 0.29) is 12.4 Å². The highest BCUT2D eigenvalue weighted by molar-refractivity contribution is 7.68. The molecule has 5 heteroatoms. The van der Waals surface area contributed by atoms with Crippen LogP contribution in [0.3, 0.4) is 0 Å². The third-order valence-electron chi connectivity index (χ3n) is 1.44. The maximum absolute atomic E-state index is 5.14. The van der Waals surface area contributed by atoms with Gasteiger partial charge in [-0.25, -0.2) is 0 Å². The zero-order valence-corrected chi connectivity index (χ0v) is 8.67. The molecule has 0 unspecified atom stereocenters. The molecule has 0 N–H and O–H groups in total. The second-order valence-electron chi connectivity index (χ2n) is 2.06. The van der Waals surface area contributed by atoms with Crippen molar-refractivity contribution in [1.29, 1.82) is 0 Å². The third-order valence-corrected chi connectivity index (χ3v) is 3.26. The molecule has 0 fully saturated rings. The predicted octanol–water partition coefficient (Wildman–Crippen LogP) is -1.16. The molecular formula is C7H6ClNOS2. The Morgan fingerprint density at radius 2 is 2.25 bits per heavy atom. The third kappa shape index (κ3) is 1.50. The van der Waals surface area contributed by atoms with E-state index in [0.717, 1.165) is 11.1 Å². The number of aromatic nitrogens is 1. The van der Waals surface area contributed by atoms with Gasteiger partial charge < -0.3 is 12.4 Å². The smallest absolute Gasteiger partial charge is 0.370 e. The molecule has 0 aromatic rings. The Labute approximate surface area is 83.5 Å². The van der Waals surface area contributed by atoms with Gasteiger partial charge in [-0.15, -0.1) is 0 Å². The lowest BCUT2D eigenvalue weighted by Gasteiger charge is -1.84. The molecule has 0 radical (unpaired) electrons. The van der Waals surface area contributed by atoms with Crippen LogP contribution in [0.1, 0.15) is 0 Å². The number of nitrogens with zero attached hydrogens (tertiary/aromatic N) is 1. The van der Waals surface area contributed by atoms with Gasteiger partial charge in [-0.3, -0.25) is 4.42 Å². The van der Waals surface area contributed by atoms with Gasteiger partial charge in [-0.2, -0.15) is 4.37 Å². The van der Waals surface area contributed by atoms with Crippen molar-refractivity contribution < 1.29 is 12.4 Å².